The summed E-state index contributed by atoms with van der Waals surface area (Å²) in [5.41, 5.74) is 10.6. The lowest BCUT2D eigenvalue weighted by molar-refractivity contribution is 0.868. The van der Waals surface area contributed by atoms with Gasteiger partial charge in [-0.2, -0.15) is 0 Å². The van der Waals surface area contributed by atoms with E-state index in [0.717, 1.165) is 11.1 Å². The molecule has 3 heteroatoms. The van der Waals surface area contributed by atoms with Gasteiger partial charge in [-0.1, -0.05) is 58.6 Å². The van der Waals surface area contributed by atoms with Gasteiger partial charge in [-0.25, -0.2) is 0 Å². The third kappa shape index (κ3) is 2.86. The first-order valence-corrected chi connectivity index (χ1v) is 6.51. The van der Waals surface area contributed by atoms with Gasteiger partial charge in [0.1, 0.15) is 0 Å². The van der Waals surface area contributed by atoms with E-state index in [4.69, 9.17) is 28.9 Å². The first-order chi connectivity index (χ1) is 8.47. The van der Waals surface area contributed by atoms with Gasteiger partial charge in [-0.05, 0) is 37.1 Å². The van der Waals surface area contributed by atoms with E-state index in [9.17, 15) is 0 Å². The lowest BCUT2D eigenvalue weighted by atomic mass is 9.96. The highest BCUT2D eigenvalue weighted by atomic mass is 35.5. The minimum atomic E-state index is -0.228. The highest BCUT2D eigenvalue weighted by Gasteiger charge is 2.13. The van der Waals surface area contributed by atoms with Gasteiger partial charge >= 0.3 is 0 Å². The van der Waals surface area contributed by atoms with Crippen LogP contribution in [0, 0.1) is 13.8 Å². The Labute approximate surface area is 118 Å². The summed E-state index contributed by atoms with van der Waals surface area (Å²) in [6.07, 6.45) is 0. The average Bonchev–Trinajstić information content (AvgIpc) is 2.26. The fraction of sp³-hybridized carbons (Fsp3) is 0.200. The molecule has 1 unspecified atom stereocenters. The Bertz CT molecular complexity index is 558. The maximum atomic E-state index is 6.28. The van der Waals surface area contributed by atoms with Crippen LogP contribution in [0.2, 0.25) is 10.0 Å². The van der Waals surface area contributed by atoms with Crippen molar-refractivity contribution < 1.29 is 0 Å². The summed E-state index contributed by atoms with van der Waals surface area (Å²) >= 11 is 12.1. The SMILES string of the molecule is Cc1cc(C)cc(C(N)c2ccc(Cl)cc2Cl)c1. The zero-order valence-corrected chi connectivity index (χ0v) is 11.9. The summed E-state index contributed by atoms with van der Waals surface area (Å²) in [4.78, 5) is 0. The Balaban J connectivity index is 2.44. The molecule has 0 heterocycles. The number of nitrogens with two attached hydrogens (primary N) is 1. The van der Waals surface area contributed by atoms with Crippen LogP contribution in [-0.2, 0) is 0 Å². The molecule has 2 aromatic rings. The lowest BCUT2D eigenvalue weighted by Crippen LogP contribution is -2.12. The van der Waals surface area contributed by atoms with Gasteiger partial charge < -0.3 is 5.73 Å². The van der Waals surface area contributed by atoms with E-state index in [1.165, 1.54) is 11.1 Å². The molecule has 2 rings (SSSR count). The van der Waals surface area contributed by atoms with Crippen molar-refractivity contribution in [3.8, 4) is 0 Å². The fourth-order valence-corrected chi connectivity index (χ4v) is 2.65. The smallest absolute Gasteiger partial charge is 0.0566 e. The molecule has 0 saturated carbocycles. The summed E-state index contributed by atoms with van der Waals surface area (Å²) in [5.74, 6) is 0. The van der Waals surface area contributed by atoms with Crippen LogP contribution in [0.15, 0.2) is 36.4 Å². The van der Waals surface area contributed by atoms with Gasteiger partial charge in [0, 0.05) is 10.0 Å². The number of halogens is 2. The molecule has 0 spiro atoms. The third-order valence-corrected chi connectivity index (χ3v) is 3.46. The van der Waals surface area contributed by atoms with Crippen molar-refractivity contribution in [3.05, 3.63) is 68.7 Å². The second kappa shape index (κ2) is 5.31. The fourth-order valence-electron chi connectivity index (χ4n) is 2.12. The van der Waals surface area contributed by atoms with E-state index in [1.807, 2.05) is 12.1 Å². The Morgan fingerprint density at radius 3 is 2.11 bits per heavy atom. The van der Waals surface area contributed by atoms with Crippen molar-refractivity contribution in [1.29, 1.82) is 0 Å². The van der Waals surface area contributed by atoms with E-state index >= 15 is 0 Å². The molecule has 18 heavy (non-hydrogen) atoms. The summed E-state index contributed by atoms with van der Waals surface area (Å²) in [6, 6.07) is 11.5. The minimum absolute atomic E-state index is 0.228. The summed E-state index contributed by atoms with van der Waals surface area (Å²) < 4.78 is 0. The first kappa shape index (κ1) is 13.4. The molecule has 0 fully saturated rings. The molecule has 0 radical (unpaired) electrons. The van der Waals surface area contributed by atoms with Crippen LogP contribution in [-0.4, -0.2) is 0 Å². The van der Waals surface area contributed by atoms with Crippen molar-refractivity contribution >= 4 is 23.2 Å². The topological polar surface area (TPSA) is 26.0 Å². The van der Waals surface area contributed by atoms with Crippen molar-refractivity contribution in [3.63, 3.8) is 0 Å². The first-order valence-electron chi connectivity index (χ1n) is 5.76. The summed E-state index contributed by atoms with van der Waals surface area (Å²) in [5, 5.41) is 1.23. The largest absolute Gasteiger partial charge is 0.320 e. The van der Waals surface area contributed by atoms with Crippen LogP contribution in [0.3, 0.4) is 0 Å². The molecule has 0 bridgehead atoms. The number of benzene rings is 2. The molecular formula is C15H15Cl2N. The Morgan fingerprint density at radius 1 is 0.944 bits per heavy atom. The number of rotatable bonds is 2. The Morgan fingerprint density at radius 2 is 1.56 bits per heavy atom. The summed E-state index contributed by atoms with van der Waals surface area (Å²) in [7, 11) is 0. The predicted octanol–water partition coefficient (Wildman–Crippen LogP) is 4.66. The van der Waals surface area contributed by atoms with Crippen molar-refractivity contribution in [1.82, 2.24) is 0 Å². The predicted molar refractivity (Wildman–Crippen MR) is 78.4 cm³/mol. The highest BCUT2D eigenvalue weighted by molar-refractivity contribution is 6.35. The van der Waals surface area contributed by atoms with Gasteiger partial charge in [-0.3, -0.25) is 0 Å². The van der Waals surface area contributed by atoms with Crippen LogP contribution >= 0.6 is 23.2 Å². The van der Waals surface area contributed by atoms with E-state index in [-0.39, 0.29) is 6.04 Å². The molecule has 0 aliphatic carbocycles. The zero-order valence-electron chi connectivity index (χ0n) is 10.4. The van der Waals surface area contributed by atoms with Gasteiger partial charge in [0.05, 0.1) is 6.04 Å². The zero-order chi connectivity index (χ0) is 13.3. The molecule has 1 nitrogen and oxygen atoms in total. The van der Waals surface area contributed by atoms with Gasteiger partial charge in [0.25, 0.3) is 0 Å². The number of hydrogen-bond acceptors (Lipinski definition) is 1. The second-order valence-corrected chi connectivity index (χ2v) is 5.41. The molecule has 0 saturated heterocycles. The quantitative estimate of drug-likeness (QED) is 0.850. The molecule has 2 aromatic carbocycles. The van der Waals surface area contributed by atoms with E-state index < -0.39 is 0 Å². The van der Waals surface area contributed by atoms with Crippen molar-refractivity contribution in [2.75, 3.05) is 0 Å². The highest BCUT2D eigenvalue weighted by Crippen LogP contribution is 2.29. The number of aryl methyl sites for hydroxylation is 2. The van der Waals surface area contributed by atoms with Crippen LogP contribution in [0.25, 0.3) is 0 Å². The maximum Gasteiger partial charge on any atom is 0.0566 e. The van der Waals surface area contributed by atoms with Crippen molar-refractivity contribution in [2.24, 2.45) is 5.73 Å². The van der Waals surface area contributed by atoms with Crippen LogP contribution in [0.5, 0.6) is 0 Å². The molecule has 0 aromatic heterocycles. The average molecular weight is 280 g/mol. The van der Waals surface area contributed by atoms with E-state index in [2.05, 4.69) is 32.0 Å². The van der Waals surface area contributed by atoms with Gasteiger partial charge in [0.2, 0.25) is 0 Å². The molecule has 0 amide bonds. The molecule has 0 aliphatic heterocycles. The van der Waals surface area contributed by atoms with Crippen LogP contribution in [0.4, 0.5) is 0 Å². The third-order valence-electron chi connectivity index (χ3n) is 2.90. The summed E-state index contributed by atoms with van der Waals surface area (Å²) in [6.45, 7) is 4.12. The molecule has 0 aliphatic rings. The standard InChI is InChI=1S/C15H15Cl2N/c1-9-5-10(2)7-11(6-9)15(18)13-4-3-12(16)8-14(13)17/h3-8,15H,18H2,1-2H3. The van der Waals surface area contributed by atoms with E-state index in [0.29, 0.717) is 10.0 Å². The monoisotopic (exact) mass is 279 g/mol. The van der Waals surface area contributed by atoms with Gasteiger partial charge in [-0.15, -0.1) is 0 Å². The molecule has 2 N–H and O–H groups in total. The molecule has 1 atom stereocenters. The minimum Gasteiger partial charge on any atom is -0.320 e. The second-order valence-electron chi connectivity index (χ2n) is 4.56. The van der Waals surface area contributed by atoms with Crippen molar-refractivity contribution in [2.45, 2.75) is 19.9 Å². The normalized spacial score (nSPS) is 12.5. The van der Waals surface area contributed by atoms with Crippen LogP contribution in [0.1, 0.15) is 28.3 Å². The van der Waals surface area contributed by atoms with Gasteiger partial charge in [0.15, 0.2) is 0 Å². The van der Waals surface area contributed by atoms with E-state index in [1.54, 1.807) is 6.07 Å². The maximum absolute atomic E-state index is 6.28. The number of hydrogen-bond donors (Lipinski definition) is 1. The van der Waals surface area contributed by atoms with Crippen LogP contribution < -0.4 is 5.73 Å². The Kier molecular flexibility index (Phi) is 3.96. The molecule has 94 valence electrons. The molecular weight excluding hydrogens is 265 g/mol. The lowest BCUT2D eigenvalue weighted by Gasteiger charge is -2.16. The Hall–Kier alpha value is -1.02.